The lowest BCUT2D eigenvalue weighted by molar-refractivity contribution is -0.121. The van der Waals surface area contributed by atoms with E-state index in [1.54, 1.807) is 6.20 Å². The Bertz CT molecular complexity index is 811. The van der Waals surface area contributed by atoms with Gasteiger partial charge >= 0.3 is 0 Å². The number of rotatable bonds is 6. The molecule has 0 radical (unpaired) electrons. The van der Waals surface area contributed by atoms with Gasteiger partial charge in [-0.25, -0.2) is 4.98 Å². The Morgan fingerprint density at radius 3 is 2.70 bits per heavy atom. The number of H-pyrrole nitrogens is 1. The molecule has 0 fully saturated rings. The topological polar surface area (TPSA) is 107 Å². The first kappa shape index (κ1) is 15.1. The van der Waals surface area contributed by atoms with Gasteiger partial charge in [0.05, 0.1) is 11.3 Å². The predicted molar refractivity (Wildman–Crippen MR) is 88.1 cm³/mol. The van der Waals surface area contributed by atoms with Crippen LogP contribution in [0.15, 0.2) is 48.8 Å². The summed E-state index contributed by atoms with van der Waals surface area (Å²) < 4.78 is 5.91. The second-order valence-corrected chi connectivity index (χ2v) is 5.33. The minimum Gasteiger partial charge on any atom is -0.457 e. The van der Waals surface area contributed by atoms with E-state index >= 15 is 0 Å². The quantitative estimate of drug-likeness (QED) is 0.647. The lowest BCUT2D eigenvalue weighted by atomic mass is 9.99. The van der Waals surface area contributed by atoms with Crippen LogP contribution in [0.4, 0.5) is 0 Å². The molecule has 0 bridgehead atoms. The third-order valence-electron chi connectivity index (χ3n) is 3.74. The average molecular weight is 310 g/mol. The van der Waals surface area contributed by atoms with Crippen molar-refractivity contribution >= 4 is 16.9 Å². The minimum absolute atomic E-state index is 0.246. The Kier molecular flexibility index (Phi) is 4.25. The molecular weight excluding hydrogens is 292 g/mol. The molecule has 1 aromatic carbocycles. The molecule has 5 N–H and O–H groups in total. The van der Waals surface area contributed by atoms with Gasteiger partial charge in [-0.05, 0) is 36.2 Å². The number of pyridine rings is 1. The molecule has 118 valence electrons. The zero-order valence-corrected chi connectivity index (χ0v) is 12.5. The number of nitrogens with zero attached hydrogens (tertiary/aromatic N) is 1. The zero-order chi connectivity index (χ0) is 16.2. The Morgan fingerprint density at radius 2 is 2.00 bits per heavy atom. The molecule has 0 aliphatic rings. The average Bonchev–Trinajstić information content (AvgIpc) is 3.03. The Hall–Kier alpha value is -2.86. The van der Waals surface area contributed by atoms with Crippen LogP contribution in [0.25, 0.3) is 11.0 Å². The van der Waals surface area contributed by atoms with Crippen molar-refractivity contribution in [2.75, 3.05) is 6.54 Å². The molecular formula is C17H18N4O2. The van der Waals surface area contributed by atoms with Gasteiger partial charge in [-0.3, -0.25) is 4.79 Å². The number of nitrogens with one attached hydrogen (secondary N) is 1. The fraction of sp³-hybridized carbons (Fsp3) is 0.176. The Balaban J connectivity index is 1.75. The number of benzene rings is 1. The normalized spacial score (nSPS) is 12.2. The maximum Gasteiger partial charge on any atom is 0.222 e. The summed E-state index contributed by atoms with van der Waals surface area (Å²) in [5.41, 5.74) is 12.7. The monoisotopic (exact) mass is 310 g/mol. The van der Waals surface area contributed by atoms with Crippen molar-refractivity contribution in [2.24, 2.45) is 17.4 Å². The number of hydrogen-bond donors (Lipinski definition) is 3. The van der Waals surface area contributed by atoms with Gasteiger partial charge in [0, 0.05) is 18.9 Å². The fourth-order valence-electron chi connectivity index (χ4n) is 2.43. The molecule has 2 heterocycles. The van der Waals surface area contributed by atoms with Crippen molar-refractivity contribution in [3.63, 3.8) is 0 Å². The Labute approximate surface area is 133 Å². The third-order valence-corrected chi connectivity index (χ3v) is 3.74. The minimum atomic E-state index is -0.375. The second-order valence-electron chi connectivity index (χ2n) is 5.33. The van der Waals surface area contributed by atoms with Crippen LogP contribution >= 0.6 is 0 Å². The highest BCUT2D eigenvalue weighted by Gasteiger charge is 2.14. The molecule has 0 aliphatic heterocycles. The van der Waals surface area contributed by atoms with Gasteiger partial charge in [-0.1, -0.05) is 12.1 Å². The second kappa shape index (κ2) is 6.50. The van der Waals surface area contributed by atoms with E-state index < -0.39 is 0 Å². The number of aromatic nitrogens is 2. The highest BCUT2D eigenvalue weighted by molar-refractivity contribution is 5.82. The molecule has 3 rings (SSSR count). The summed E-state index contributed by atoms with van der Waals surface area (Å²) in [7, 11) is 0. The van der Waals surface area contributed by atoms with Gasteiger partial charge in [0.2, 0.25) is 5.91 Å². The van der Waals surface area contributed by atoms with Gasteiger partial charge < -0.3 is 21.2 Å². The zero-order valence-electron chi connectivity index (χ0n) is 12.5. The highest BCUT2D eigenvalue weighted by atomic mass is 16.5. The van der Waals surface area contributed by atoms with Crippen molar-refractivity contribution in [3.05, 3.63) is 54.4 Å². The number of hydrogen-bond acceptors (Lipinski definition) is 4. The van der Waals surface area contributed by atoms with Gasteiger partial charge in [-0.15, -0.1) is 0 Å². The largest absolute Gasteiger partial charge is 0.457 e. The molecule has 0 spiro atoms. The SMILES string of the molecule is NCC(Cc1ccc(Oc2ccnc3[nH]ccc23)cc1)C(N)=O. The summed E-state index contributed by atoms with van der Waals surface area (Å²) in [5, 5.41) is 0.925. The summed E-state index contributed by atoms with van der Waals surface area (Å²) in [5.74, 6) is 0.729. The standard InChI is InChI=1S/C17H18N4O2/c18-10-12(16(19)22)9-11-1-3-13(4-2-11)23-15-6-8-21-17-14(15)5-7-20-17/h1-8,12H,9-10,18H2,(H2,19,22)(H,20,21). The number of primary amides is 1. The predicted octanol–water partition coefficient (Wildman–Crippen LogP) is 1.96. The molecule has 2 aromatic heterocycles. The van der Waals surface area contributed by atoms with Crippen LogP contribution in [0.2, 0.25) is 0 Å². The summed E-state index contributed by atoms with van der Waals surface area (Å²) in [6.07, 6.45) is 4.05. The highest BCUT2D eigenvalue weighted by Crippen LogP contribution is 2.28. The van der Waals surface area contributed by atoms with Crippen molar-refractivity contribution in [1.82, 2.24) is 9.97 Å². The van der Waals surface area contributed by atoms with Crippen LogP contribution in [0.3, 0.4) is 0 Å². The molecule has 0 saturated carbocycles. The molecule has 1 unspecified atom stereocenters. The van der Waals surface area contributed by atoms with Gasteiger partial charge in [0.15, 0.2) is 0 Å². The number of carbonyl (C=O) groups excluding carboxylic acids is 1. The molecule has 23 heavy (non-hydrogen) atoms. The molecule has 1 amide bonds. The van der Waals surface area contributed by atoms with E-state index in [2.05, 4.69) is 9.97 Å². The molecule has 0 aliphatic carbocycles. The molecule has 6 nitrogen and oxygen atoms in total. The summed E-state index contributed by atoms with van der Waals surface area (Å²) in [6.45, 7) is 0.246. The molecule has 6 heteroatoms. The van der Waals surface area contributed by atoms with Crippen molar-refractivity contribution in [3.8, 4) is 11.5 Å². The van der Waals surface area contributed by atoms with Crippen LogP contribution in [-0.2, 0) is 11.2 Å². The summed E-state index contributed by atoms with van der Waals surface area (Å²) in [4.78, 5) is 18.5. The van der Waals surface area contributed by atoms with Crippen LogP contribution in [-0.4, -0.2) is 22.4 Å². The number of fused-ring (bicyclic) bond motifs is 1. The van der Waals surface area contributed by atoms with E-state index in [1.165, 1.54) is 0 Å². The summed E-state index contributed by atoms with van der Waals surface area (Å²) in [6, 6.07) is 11.3. The number of aromatic amines is 1. The lowest BCUT2D eigenvalue weighted by Gasteiger charge is -2.11. The first-order valence-electron chi connectivity index (χ1n) is 7.35. The fourth-order valence-corrected chi connectivity index (χ4v) is 2.43. The van der Waals surface area contributed by atoms with E-state index in [1.807, 2.05) is 42.6 Å². The van der Waals surface area contributed by atoms with Gasteiger partial charge in [-0.2, -0.15) is 0 Å². The van der Waals surface area contributed by atoms with Crippen molar-refractivity contribution in [2.45, 2.75) is 6.42 Å². The number of nitrogens with two attached hydrogens (primary N) is 2. The molecule has 0 saturated heterocycles. The van der Waals surface area contributed by atoms with Crippen LogP contribution in [0.1, 0.15) is 5.56 Å². The third kappa shape index (κ3) is 3.32. The maximum absolute atomic E-state index is 11.3. The van der Waals surface area contributed by atoms with Crippen LogP contribution in [0, 0.1) is 5.92 Å². The van der Waals surface area contributed by atoms with Crippen molar-refractivity contribution in [1.29, 1.82) is 0 Å². The first-order valence-corrected chi connectivity index (χ1v) is 7.35. The smallest absolute Gasteiger partial charge is 0.222 e. The van der Waals surface area contributed by atoms with Gasteiger partial charge in [0.1, 0.15) is 17.1 Å². The molecule has 1 atom stereocenters. The summed E-state index contributed by atoms with van der Waals surface area (Å²) >= 11 is 0. The van der Waals surface area contributed by atoms with Crippen LogP contribution in [0.5, 0.6) is 11.5 Å². The molecule has 3 aromatic rings. The number of ether oxygens (including phenoxy) is 1. The Morgan fingerprint density at radius 1 is 1.22 bits per heavy atom. The van der Waals surface area contributed by atoms with Gasteiger partial charge in [0.25, 0.3) is 0 Å². The van der Waals surface area contributed by atoms with E-state index in [0.29, 0.717) is 12.2 Å². The van der Waals surface area contributed by atoms with Crippen LogP contribution < -0.4 is 16.2 Å². The maximum atomic E-state index is 11.3. The van der Waals surface area contributed by atoms with E-state index in [9.17, 15) is 4.79 Å². The first-order chi connectivity index (χ1) is 11.2. The van der Waals surface area contributed by atoms with Crippen molar-refractivity contribution < 1.29 is 9.53 Å². The van der Waals surface area contributed by atoms with E-state index in [0.717, 1.165) is 22.3 Å². The van der Waals surface area contributed by atoms with E-state index in [-0.39, 0.29) is 18.4 Å². The number of carbonyl (C=O) groups is 1. The lowest BCUT2D eigenvalue weighted by Crippen LogP contribution is -2.31. The van der Waals surface area contributed by atoms with E-state index in [4.69, 9.17) is 16.2 Å². The number of amides is 1.